The van der Waals surface area contributed by atoms with Crippen molar-refractivity contribution in [2.75, 3.05) is 13.1 Å². The molecule has 0 aromatic heterocycles. The maximum absolute atomic E-state index is 12.0. The number of aromatic hydroxyl groups is 1. The molecule has 0 fully saturated rings. The van der Waals surface area contributed by atoms with Gasteiger partial charge in [-0.05, 0) is 52.3 Å². The first-order chi connectivity index (χ1) is 9.32. The van der Waals surface area contributed by atoms with Crippen molar-refractivity contribution in [3.63, 3.8) is 0 Å². The van der Waals surface area contributed by atoms with Crippen molar-refractivity contribution < 1.29 is 9.90 Å². The molecule has 4 nitrogen and oxygen atoms in total. The minimum absolute atomic E-state index is 0.0343. The third-order valence-electron chi connectivity index (χ3n) is 3.38. The van der Waals surface area contributed by atoms with Crippen molar-refractivity contribution in [3.8, 4) is 5.75 Å². The fourth-order valence-electron chi connectivity index (χ4n) is 2.34. The van der Waals surface area contributed by atoms with Crippen LogP contribution in [0.25, 0.3) is 0 Å². The normalized spacial score (nSPS) is 11.4. The van der Waals surface area contributed by atoms with Gasteiger partial charge in [-0.3, -0.25) is 9.69 Å². The van der Waals surface area contributed by atoms with Crippen LogP contribution in [0.5, 0.6) is 5.75 Å². The van der Waals surface area contributed by atoms with E-state index >= 15 is 0 Å². The summed E-state index contributed by atoms with van der Waals surface area (Å²) in [6, 6.07) is 5.97. The molecule has 0 bridgehead atoms. The molecule has 0 heterocycles. The van der Waals surface area contributed by atoms with Crippen molar-refractivity contribution >= 4 is 5.91 Å². The Labute approximate surface area is 121 Å². The van der Waals surface area contributed by atoms with Gasteiger partial charge >= 0.3 is 0 Å². The maximum Gasteiger partial charge on any atom is 0.255 e. The zero-order chi connectivity index (χ0) is 15.3. The molecule has 1 rings (SSSR count). The standard InChI is InChI=1S/C16H26N2O2/c1-11(2)18(12(3)4)9-8-17-16(20)14-7-6-13(5)10-15(14)19/h6-7,10-12,19H,8-9H2,1-5H3,(H,17,20). The van der Waals surface area contributed by atoms with Gasteiger partial charge in [0.1, 0.15) is 5.75 Å². The molecular weight excluding hydrogens is 252 g/mol. The van der Waals surface area contributed by atoms with Gasteiger partial charge in [0.05, 0.1) is 5.56 Å². The highest BCUT2D eigenvalue weighted by atomic mass is 16.3. The van der Waals surface area contributed by atoms with Crippen LogP contribution in [0.3, 0.4) is 0 Å². The lowest BCUT2D eigenvalue weighted by atomic mass is 10.1. The molecule has 112 valence electrons. The van der Waals surface area contributed by atoms with Gasteiger partial charge in [0.2, 0.25) is 0 Å². The van der Waals surface area contributed by atoms with Crippen molar-refractivity contribution in [3.05, 3.63) is 29.3 Å². The van der Waals surface area contributed by atoms with Gasteiger partial charge in [-0.15, -0.1) is 0 Å². The van der Waals surface area contributed by atoms with E-state index in [0.29, 0.717) is 24.2 Å². The van der Waals surface area contributed by atoms with Crippen molar-refractivity contribution in [2.24, 2.45) is 0 Å². The molecule has 1 amide bonds. The van der Waals surface area contributed by atoms with Crippen LogP contribution in [-0.4, -0.2) is 41.1 Å². The summed E-state index contributed by atoms with van der Waals surface area (Å²) in [6.07, 6.45) is 0. The second kappa shape index (κ2) is 7.29. The van der Waals surface area contributed by atoms with Crippen LogP contribution in [0.2, 0.25) is 0 Å². The Hall–Kier alpha value is -1.55. The molecule has 1 aromatic carbocycles. The highest BCUT2D eigenvalue weighted by Crippen LogP contribution is 2.18. The first kappa shape index (κ1) is 16.5. The summed E-state index contributed by atoms with van der Waals surface area (Å²) in [5.74, 6) is -0.193. The van der Waals surface area contributed by atoms with E-state index in [4.69, 9.17) is 0 Å². The minimum atomic E-state index is -0.227. The van der Waals surface area contributed by atoms with E-state index < -0.39 is 0 Å². The summed E-state index contributed by atoms with van der Waals surface area (Å²) in [6.45, 7) is 11.8. The summed E-state index contributed by atoms with van der Waals surface area (Å²) < 4.78 is 0. The van der Waals surface area contributed by atoms with Crippen LogP contribution in [-0.2, 0) is 0 Å². The fraction of sp³-hybridized carbons (Fsp3) is 0.562. The molecule has 0 saturated heterocycles. The number of nitrogens with zero attached hydrogens (tertiary/aromatic N) is 1. The van der Waals surface area contributed by atoms with Crippen LogP contribution in [0.15, 0.2) is 18.2 Å². The first-order valence-electron chi connectivity index (χ1n) is 7.16. The number of carbonyl (C=O) groups excluding carboxylic acids is 1. The lowest BCUT2D eigenvalue weighted by molar-refractivity contribution is 0.0937. The number of nitrogens with one attached hydrogen (secondary N) is 1. The molecule has 1 aromatic rings. The van der Waals surface area contributed by atoms with Crippen LogP contribution in [0.1, 0.15) is 43.6 Å². The summed E-state index contributed by atoms with van der Waals surface area (Å²) in [7, 11) is 0. The molecule has 0 spiro atoms. The summed E-state index contributed by atoms with van der Waals surface area (Å²) in [4.78, 5) is 14.3. The topological polar surface area (TPSA) is 52.6 Å². The highest BCUT2D eigenvalue weighted by Gasteiger charge is 2.14. The summed E-state index contributed by atoms with van der Waals surface area (Å²) >= 11 is 0. The fourth-order valence-corrected chi connectivity index (χ4v) is 2.34. The van der Waals surface area contributed by atoms with E-state index in [0.717, 1.165) is 12.1 Å². The molecule has 4 heteroatoms. The van der Waals surface area contributed by atoms with E-state index in [-0.39, 0.29) is 11.7 Å². The molecule has 0 radical (unpaired) electrons. The minimum Gasteiger partial charge on any atom is -0.507 e. The number of amides is 1. The Kier molecular flexibility index (Phi) is 6.02. The van der Waals surface area contributed by atoms with Crippen LogP contribution in [0.4, 0.5) is 0 Å². The molecule has 0 aliphatic heterocycles. The van der Waals surface area contributed by atoms with Crippen molar-refractivity contribution in [1.82, 2.24) is 10.2 Å². The number of hydrogen-bond acceptors (Lipinski definition) is 3. The Morgan fingerprint density at radius 2 is 1.85 bits per heavy atom. The van der Waals surface area contributed by atoms with Gasteiger partial charge < -0.3 is 10.4 Å². The molecule has 0 atom stereocenters. The van der Waals surface area contributed by atoms with Gasteiger partial charge in [-0.1, -0.05) is 6.07 Å². The van der Waals surface area contributed by atoms with Crippen LogP contribution in [0, 0.1) is 6.92 Å². The van der Waals surface area contributed by atoms with Crippen molar-refractivity contribution in [2.45, 2.75) is 46.7 Å². The zero-order valence-electron chi connectivity index (χ0n) is 13.1. The van der Waals surface area contributed by atoms with E-state index in [9.17, 15) is 9.90 Å². The second-order valence-electron chi connectivity index (χ2n) is 5.70. The first-order valence-corrected chi connectivity index (χ1v) is 7.16. The van der Waals surface area contributed by atoms with Crippen LogP contribution >= 0.6 is 0 Å². The molecular formula is C16H26N2O2. The Bertz CT molecular complexity index is 448. The van der Waals surface area contributed by atoms with E-state index in [2.05, 4.69) is 37.9 Å². The Morgan fingerprint density at radius 1 is 1.25 bits per heavy atom. The van der Waals surface area contributed by atoms with E-state index in [1.54, 1.807) is 12.1 Å². The monoisotopic (exact) mass is 278 g/mol. The number of phenolic OH excluding ortho intramolecular Hbond substituents is 1. The SMILES string of the molecule is Cc1ccc(C(=O)NCCN(C(C)C)C(C)C)c(O)c1. The van der Waals surface area contributed by atoms with E-state index in [1.165, 1.54) is 0 Å². The summed E-state index contributed by atoms with van der Waals surface area (Å²) in [5.41, 5.74) is 1.26. The number of carbonyl (C=O) groups is 1. The van der Waals surface area contributed by atoms with Gasteiger partial charge in [0.15, 0.2) is 0 Å². The number of hydrogen-bond donors (Lipinski definition) is 2. The molecule has 0 aliphatic rings. The van der Waals surface area contributed by atoms with E-state index in [1.807, 2.05) is 13.0 Å². The van der Waals surface area contributed by atoms with Crippen LogP contribution < -0.4 is 5.32 Å². The lowest BCUT2D eigenvalue weighted by Crippen LogP contribution is -2.42. The highest BCUT2D eigenvalue weighted by molar-refractivity contribution is 5.96. The average Bonchev–Trinajstić information content (AvgIpc) is 2.33. The third kappa shape index (κ3) is 4.53. The average molecular weight is 278 g/mol. The Balaban J connectivity index is 2.55. The maximum atomic E-state index is 12.0. The second-order valence-corrected chi connectivity index (χ2v) is 5.70. The predicted octanol–water partition coefficient (Wildman–Crippen LogP) is 2.55. The Morgan fingerprint density at radius 3 is 2.35 bits per heavy atom. The zero-order valence-corrected chi connectivity index (χ0v) is 13.1. The van der Waals surface area contributed by atoms with Crippen molar-refractivity contribution in [1.29, 1.82) is 0 Å². The number of aryl methyl sites for hydroxylation is 1. The quantitative estimate of drug-likeness (QED) is 0.841. The molecule has 20 heavy (non-hydrogen) atoms. The van der Waals surface area contributed by atoms with Gasteiger partial charge in [-0.25, -0.2) is 0 Å². The number of phenols is 1. The largest absolute Gasteiger partial charge is 0.507 e. The predicted molar refractivity (Wildman–Crippen MR) is 82.2 cm³/mol. The van der Waals surface area contributed by atoms with Gasteiger partial charge in [0, 0.05) is 25.2 Å². The lowest BCUT2D eigenvalue weighted by Gasteiger charge is -2.30. The van der Waals surface area contributed by atoms with Gasteiger partial charge in [0.25, 0.3) is 5.91 Å². The molecule has 0 aliphatic carbocycles. The number of benzene rings is 1. The molecule has 0 saturated carbocycles. The summed E-state index contributed by atoms with van der Waals surface area (Å²) in [5, 5.41) is 12.6. The molecule has 2 N–H and O–H groups in total. The number of rotatable bonds is 6. The smallest absolute Gasteiger partial charge is 0.255 e. The molecule has 0 unspecified atom stereocenters. The third-order valence-corrected chi connectivity index (χ3v) is 3.38. The van der Waals surface area contributed by atoms with Gasteiger partial charge in [-0.2, -0.15) is 0 Å².